The van der Waals surface area contributed by atoms with Crippen molar-refractivity contribution in [2.24, 2.45) is 0 Å². The summed E-state index contributed by atoms with van der Waals surface area (Å²) in [5, 5.41) is 3.32. The topological polar surface area (TPSA) is 66.5 Å². The molecule has 25 heavy (non-hydrogen) atoms. The molecule has 0 aromatic heterocycles. The third kappa shape index (κ3) is 4.15. The molecule has 0 saturated carbocycles. The maximum atomic E-state index is 14.1. The monoisotopic (exact) mass is 390 g/mol. The van der Waals surface area contributed by atoms with Crippen LogP contribution < -0.4 is 5.32 Å². The van der Waals surface area contributed by atoms with Crippen LogP contribution in [0.3, 0.4) is 0 Å². The number of hydrogen-bond acceptors (Lipinski definition) is 4. The average Bonchev–Trinajstić information content (AvgIpc) is 2.56. The summed E-state index contributed by atoms with van der Waals surface area (Å²) in [5.74, 6) is -0.960. The van der Waals surface area contributed by atoms with Gasteiger partial charge >= 0.3 is 0 Å². The molecule has 0 radical (unpaired) electrons. The van der Waals surface area contributed by atoms with Gasteiger partial charge in [0.2, 0.25) is 5.91 Å². The molecule has 1 N–H and O–H groups in total. The van der Waals surface area contributed by atoms with Gasteiger partial charge in [-0.3, -0.25) is 4.79 Å². The van der Waals surface area contributed by atoms with Crippen LogP contribution in [0, 0.1) is 5.82 Å². The third-order valence-corrected chi connectivity index (χ3v) is 7.06. The lowest BCUT2D eigenvalue weighted by Gasteiger charge is -2.38. The summed E-state index contributed by atoms with van der Waals surface area (Å²) < 4.78 is 37.6. The molecular formula is C17H24ClFN2O3S. The molecule has 0 aliphatic carbocycles. The minimum Gasteiger partial charge on any atom is -0.337 e. The summed E-state index contributed by atoms with van der Waals surface area (Å²) >= 11 is 6.08. The molecule has 1 amide bonds. The number of piperidine rings is 1. The van der Waals surface area contributed by atoms with E-state index in [9.17, 15) is 17.6 Å². The molecule has 2 rings (SSSR count). The molecule has 1 aromatic rings. The Bertz CT molecular complexity index is 713. The van der Waals surface area contributed by atoms with Gasteiger partial charge in [-0.1, -0.05) is 24.6 Å². The maximum Gasteiger partial charge on any atom is 0.244 e. The first-order valence-electron chi connectivity index (χ1n) is 8.35. The molecule has 1 aliphatic rings. The van der Waals surface area contributed by atoms with Gasteiger partial charge in [0.25, 0.3) is 0 Å². The Hall–Kier alpha value is -1.18. The van der Waals surface area contributed by atoms with Gasteiger partial charge in [0.05, 0.1) is 6.54 Å². The number of nitrogens with zero attached hydrogens (tertiary/aromatic N) is 1. The van der Waals surface area contributed by atoms with E-state index >= 15 is 0 Å². The van der Waals surface area contributed by atoms with Crippen molar-refractivity contribution in [2.75, 3.05) is 25.9 Å². The normalized spacial score (nSPS) is 17.3. The van der Waals surface area contributed by atoms with Gasteiger partial charge in [0.1, 0.15) is 5.82 Å². The summed E-state index contributed by atoms with van der Waals surface area (Å²) in [7, 11) is -3.62. The van der Waals surface area contributed by atoms with E-state index in [0.29, 0.717) is 26.1 Å². The number of benzene rings is 1. The molecular weight excluding hydrogens is 367 g/mol. The number of hydrogen-bond donors (Lipinski definition) is 1. The lowest BCUT2D eigenvalue weighted by atomic mass is 9.94. The molecule has 1 aliphatic heterocycles. The number of halogens is 2. The molecule has 5 nitrogen and oxygen atoms in total. The van der Waals surface area contributed by atoms with Crippen molar-refractivity contribution in [3.63, 3.8) is 0 Å². The number of rotatable bonds is 6. The zero-order valence-corrected chi connectivity index (χ0v) is 16.1. The smallest absolute Gasteiger partial charge is 0.244 e. The lowest BCUT2D eigenvalue weighted by Crippen LogP contribution is -2.58. The quantitative estimate of drug-likeness (QED) is 0.809. The first-order chi connectivity index (χ1) is 11.7. The molecule has 0 spiro atoms. The Morgan fingerprint density at radius 1 is 1.36 bits per heavy atom. The van der Waals surface area contributed by atoms with Crippen molar-refractivity contribution in [3.8, 4) is 0 Å². The molecule has 0 unspecified atom stereocenters. The van der Waals surface area contributed by atoms with Crippen LogP contribution in [0.15, 0.2) is 18.2 Å². The van der Waals surface area contributed by atoms with E-state index < -0.39 is 26.3 Å². The second-order valence-corrected chi connectivity index (χ2v) is 9.18. The predicted molar refractivity (Wildman–Crippen MR) is 96.8 cm³/mol. The Kier molecular flexibility index (Phi) is 6.45. The fourth-order valence-electron chi connectivity index (χ4n) is 3.26. The Balaban J connectivity index is 2.39. The van der Waals surface area contributed by atoms with Crippen molar-refractivity contribution in [2.45, 2.75) is 37.5 Å². The van der Waals surface area contributed by atoms with Gasteiger partial charge in [-0.15, -0.1) is 0 Å². The first kappa shape index (κ1) is 20.1. The minimum absolute atomic E-state index is 0.0388. The highest BCUT2D eigenvalue weighted by atomic mass is 35.5. The van der Waals surface area contributed by atoms with Gasteiger partial charge in [-0.25, -0.2) is 12.8 Å². The number of carbonyl (C=O) groups is 1. The van der Waals surface area contributed by atoms with E-state index in [2.05, 4.69) is 5.32 Å². The first-order valence-corrected chi connectivity index (χ1v) is 10.6. The minimum atomic E-state index is -3.62. The van der Waals surface area contributed by atoms with Crippen molar-refractivity contribution >= 4 is 27.3 Å². The van der Waals surface area contributed by atoms with Gasteiger partial charge in [-0.2, -0.15) is 0 Å². The van der Waals surface area contributed by atoms with Crippen LogP contribution in [0.25, 0.3) is 0 Å². The van der Waals surface area contributed by atoms with Crippen molar-refractivity contribution in [1.29, 1.82) is 0 Å². The second kappa shape index (κ2) is 8.01. The molecule has 1 fully saturated rings. The lowest BCUT2D eigenvalue weighted by molar-refractivity contribution is -0.135. The van der Waals surface area contributed by atoms with Gasteiger partial charge in [0, 0.05) is 23.4 Å². The largest absolute Gasteiger partial charge is 0.337 e. The summed E-state index contributed by atoms with van der Waals surface area (Å²) in [6.45, 7) is 3.11. The molecule has 1 saturated heterocycles. The SMILES string of the molecule is CCCN(Cc1c(F)cccc1Cl)C(=O)C1(S(C)(=O)=O)CCNCC1. The molecule has 0 bridgehead atoms. The highest BCUT2D eigenvalue weighted by Gasteiger charge is 2.50. The van der Waals surface area contributed by atoms with E-state index in [4.69, 9.17) is 11.6 Å². The average molecular weight is 391 g/mol. The number of nitrogens with one attached hydrogen (secondary N) is 1. The number of amides is 1. The maximum absolute atomic E-state index is 14.1. The van der Waals surface area contributed by atoms with Crippen LogP contribution in [-0.4, -0.2) is 49.9 Å². The highest BCUT2D eigenvalue weighted by Crippen LogP contribution is 2.31. The fraction of sp³-hybridized carbons (Fsp3) is 0.588. The van der Waals surface area contributed by atoms with Gasteiger partial charge < -0.3 is 10.2 Å². The van der Waals surface area contributed by atoms with E-state index in [-0.39, 0.29) is 30.0 Å². The van der Waals surface area contributed by atoms with E-state index in [0.717, 1.165) is 6.26 Å². The summed E-state index contributed by atoms with van der Waals surface area (Å²) in [5.41, 5.74) is 0.212. The molecule has 0 atom stereocenters. The second-order valence-electron chi connectivity index (χ2n) is 6.44. The van der Waals surface area contributed by atoms with Crippen LogP contribution in [0.2, 0.25) is 5.02 Å². The summed E-state index contributed by atoms with van der Waals surface area (Å²) in [4.78, 5) is 14.7. The van der Waals surface area contributed by atoms with E-state index in [1.807, 2.05) is 6.92 Å². The van der Waals surface area contributed by atoms with Crippen LogP contribution in [0.1, 0.15) is 31.7 Å². The number of carbonyl (C=O) groups excluding carboxylic acids is 1. The van der Waals surface area contributed by atoms with Crippen LogP contribution in [-0.2, 0) is 21.2 Å². The van der Waals surface area contributed by atoms with Gasteiger partial charge in [0.15, 0.2) is 14.6 Å². The zero-order valence-electron chi connectivity index (χ0n) is 14.5. The van der Waals surface area contributed by atoms with E-state index in [1.54, 1.807) is 6.07 Å². The standard InChI is InChI=1S/C17H24ClFN2O3S/c1-3-11-21(12-13-14(18)5-4-6-15(13)19)16(22)17(25(2,23)24)7-9-20-10-8-17/h4-6,20H,3,7-12H2,1-2H3. The predicted octanol–water partition coefficient (Wildman–Crippen LogP) is 2.38. The molecule has 8 heteroatoms. The Morgan fingerprint density at radius 3 is 2.52 bits per heavy atom. The molecule has 1 aromatic carbocycles. The third-order valence-electron chi connectivity index (χ3n) is 4.70. The Morgan fingerprint density at radius 2 is 2.00 bits per heavy atom. The van der Waals surface area contributed by atoms with Gasteiger partial charge in [-0.05, 0) is 44.5 Å². The number of sulfone groups is 1. The van der Waals surface area contributed by atoms with Crippen molar-refractivity contribution < 1.29 is 17.6 Å². The van der Waals surface area contributed by atoms with Crippen molar-refractivity contribution in [3.05, 3.63) is 34.6 Å². The summed E-state index contributed by atoms with van der Waals surface area (Å²) in [6, 6.07) is 4.34. The van der Waals surface area contributed by atoms with Crippen molar-refractivity contribution in [1.82, 2.24) is 10.2 Å². The Labute approximate surface area is 153 Å². The molecule has 1 heterocycles. The zero-order chi connectivity index (χ0) is 18.7. The highest BCUT2D eigenvalue weighted by molar-refractivity contribution is 7.92. The van der Waals surface area contributed by atoms with Crippen LogP contribution in [0.5, 0.6) is 0 Å². The fourth-order valence-corrected chi connectivity index (χ4v) is 4.87. The van der Waals surface area contributed by atoms with Crippen LogP contribution >= 0.6 is 11.6 Å². The summed E-state index contributed by atoms with van der Waals surface area (Å²) in [6.07, 6.45) is 2.18. The molecule has 140 valence electrons. The van der Waals surface area contributed by atoms with Crippen LogP contribution in [0.4, 0.5) is 4.39 Å². The van der Waals surface area contributed by atoms with E-state index in [1.165, 1.54) is 17.0 Å².